The fourth-order valence-electron chi connectivity index (χ4n) is 7.49. The summed E-state index contributed by atoms with van der Waals surface area (Å²) in [4.78, 5) is 88.5. The van der Waals surface area contributed by atoms with Crippen LogP contribution in [0.2, 0.25) is 0 Å². The highest BCUT2D eigenvalue weighted by Gasteiger charge is 2.28. The maximum absolute atomic E-state index is 13.4. The summed E-state index contributed by atoms with van der Waals surface area (Å²) in [6.07, 6.45) is 6.55. The molecule has 62 heavy (non-hydrogen) atoms. The van der Waals surface area contributed by atoms with Crippen LogP contribution in [0.1, 0.15) is 80.0 Å². The quantitative estimate of drug-likeness (QED) is 0.0467. The molecule has 0 saturated heterocycles. The molecule has 16 heteroatoms. The second-order valence-corrected chi connectivity index (χ2v) is 17.0. The molecule has 6 amide bonds. The molecule has 8 rings (SSSR count). The lowest BCUT2D eigenvalue weighted by Gasteiger charge is -2.14. The Balaban J connectivity index is 0.832. The first kappa shape index (κ1) is 41.9. The zero-order valence-electron chi connectivity index (χ0n) is 33.4. The van der Waals surface area contributed by atoms with Crippen molar-refractivity contribution in [3.8, 4) is 0 Å². The third-order valence-electron chi connectivity index (χ3n) is 10.7. The van der Waals surface area contributed by atoms with Crippen LogP contribution in [0, 0.1) is 0 Å². The zero-order chi connectivity index (χ0) is 43.0. The second kappa shape index (κ2) is 19.3. The van der Waals surface area contributed by atoms with Crippen LogP contribution in [0.4, 0.5) is 11.4 Å². The van der Waals surface area contributed by atoms with Crippen molar-refractivity contribution in [2.45, 2.75) is 60.4 Å². The van der Waals surface area contributed by atoms with Gasteiger partial charge in [0, 0.05) is 46.0 Å². The molecule has 2 aliphatic heterocycles. The fraction of sp³-hybridized carbons (Fsp3) is 0.217. The van der Waals surface area contributed by atoms with E-state index in [1.807, 2.05) is 36.4 Å². The Kier molecular flexibility index (Phi) is 13.0. The zero-order valence-corrected chi connectivity index (χ0v) is 35.0. The summed E-state index contributed by atoms with van der Waals surface area (Å²) in [6.45, 7) is 0.780. The van der Waals surface area contributed by atoms with Crippen LogP contribution in [0.3, 0.4) is 0 Å². The van der Waals surface area contributed by atoms with E-state index < -0.39 is 12.1 Å². The first-order valence-electron chi connectivity index (χ1n) is 20.3. The van der Waals surface area contributed by atoms with Gasteiger partial charge >= 0.3 is 0 Å². The lowest BCUT2D eigenvalue weighted by Crippen LogP contribution is -2.41. The normalized spacial score (nSPS) is 15.9. The van der Waals surface area contributed by atoms with Gasteiger partial charge in [-0.2, -0.15) is 0 Å². The minimum atomic E-state index is -0.667. The molecule has 0 aliphatic carbocycles. The van der Waals surface area contributed by atoms with Crippen molar-refractivity contribution in [1.82, 2.24) is 31.2 Å². The van der Waals surface area contributed by atoms with Crippen molar-refractivity contribution in [3.05, 3.63) is 132 Å². The first-order chi connectivity index (χ1) is 30.2. The van der Waals surface area contributed by atoms with Crippen LogP contribution in [0.25, 0.3) is 21.8 Å². The van der Waals surface area contributed by atoms with Crippen molar-refractivity contribution < 1.29 is 28.8 Å². The van der Waals surface area contributed by atoms with Gasteiger partial charge in [0.2, 0.25) is 11.8 Å². The van der Waals surface area contributed by atoms with Gasteiger partial charge in [-0.1, -0.05) is 70.1 Å². The number of carbonyl (C=O) groups is 6. The Morgan fingerprint density at radius 3 is 1.42 bits per heavy atom. The highest BCUT2D eigenvalue weighted by Crippen LogP contribution is 2.43. The summed E-state index contributed by atoms with van der Waals surface area (Å²) in [5, 5.41) is 18.7. The Morgan fingerprint density at radius 2 is 0.968 bits per heavy atom. The van der Waals surface area contributed by atoms with E-state index >= 15 is 0 Å². The third-order valence-corrected chi connectivity index (χ3v) is 13.1. The van der Waals surface area contributed by atoms with Crippen molar-refractivity contribution >= 4 is 90.2 Å². The second-order valence-electron chi connectivity index (χ2n) is 14.8. The van der Waals surface area contributed by atoms with Gasteiger partial charge in [-0.25, -0.2) is 0 Å². The van der Waals surface area contributed by atoms with E-state index in [0.717, 1.165) is 9.79 Å². The summed E-state index contributed by atoms with van der Waals surface area (Å²) >= 11 is 0. The number of pyridine rings is 2. The number of amides is 6. The maximum atomic E-state index is 13.4. The molecule has 14 nitrogen and oxygen atoms in total. The molecule has 6 aromatic rings. The molecule has 314 valence electrons. The van der Waals surface area contributed by atoms with Gasteiger partial charge in [0.05, 0.1) is 44.7 Å². The van der Waals surface area contributed by atoms with Gasteiger partial charge in [0.15, 0.2) is 0 Å². The standard InChI is InChI=1S/C46H42N8O6S2/c55-41(49-23-7-5-17-35-45(59)51-33-15-3-1-11-31(33)43(57)53-35)29-21-25-47-39-27(29)13-9-19-37(39)61-62-38-20-10-14-28-30(22-26-48-40(28)38)42(56)50-24-8-6-18-36-46(60)52-34-16-4-2-12-32(34)44(58)54-36/h1-4,9-16,19-22,25-26,35-36H,5-8,17-18,23-24H2,(H,49,55)(H,50,56)(H,51,59)(H,52,60)(H,53,57)(H,54,58)/t35-,36-/m0/s1. The van der Waals surface area contributed by atoms with Crippen LogP contribution >= 0.6 is 21.6 Å². The Hall–Kier alpha value is -6.78. The molecule has 2 aromatic heterocycles. The summed E-state index contributed by atoms with van der Waals surface area (Å²) in [5.41, 5.74) is 4.18. The van der Waals surface area contributed by atoms with Crippen LogP contribution in [0.15, 0.2) is 119 Å². The minimum Gasteiger partial charge on any atom is -0.352 e. The summed E-state index contributed by atoms with van der Waals surface area (Å²) in [5.74, 6) is -1.59. The molecular weight excluding hydrogens is 825 g/mol. The molecular formula is C46H42N8O6S2. The molecule has 0 radical (unpaired) electrons. The van der Waals surface area contributed by atoms with E-state index in [-0.39, 0.29) is 35.4 Å². The molecule has 2 atom stereocenters. The largest absolute Gasteiger partial charge is 0.352 e. The number of rotatable bonds is 15. The molecule has 4 aromatic carbocycles. The first-order valence-corrected chi connectivity index (χ1v) is 22.5. The SMILES string of the molecule is O=C1N[C@@H](CCCCNC(=O)c2ccnc3c(SSc4cccc5c(C(=O)NCCCC[C@@H]6NC(=O)c7ccccc7NC6=O)ccnc45)cccc23)C(=O)Nc2ccccc21. The number of nitrogens with one attached hydrogen (secondary N) is 6. The number of anilines is 2. The number of carbonyl (C=O) groups excluding carboxylic acids is 6. The molecule has 0 saturated carbocycles. The topological polar surface area (TPSA) is 200 Å². The van der Waals surface area contributed by atoms with E-state index in [1.165, 1.54) is 21.6 Å². The smallest absolute Gasteiger partial charge is 0.254 e. The van der Waals surface area contributed by atoms with Gasteiger partial charge < -0.3 is 31.9 Å². The van der Waals surface area contributed by atoms with Gasteiger partial charge in [-0.15, -0.1) is 0 Å². The monoisotopic (exact) mass is 866 g/mol. The average molecular weight is 867 g/mol. The van der Waals surface area contributed by atoms with Gasteiger partial charge in [-0.05, 0) is 87.1 Å². The molecule has 4 heterocycles. The molecule has 0 spiro atoms. The Labute approximate surface area is 364 Å². The highest BCUT2D eigenvalue weighted by atomic mass is 33.1. The Morgan fingerprint density at radius 1 is 0.532 bits per heavy atom. The number of unbranched alkanes of at least 4 members (excludes halogenated alkanes) is 2. The van der Waals surface area contributed by atoms with E-state index in [9.17, 15) is 28.8 Å². The lowest BCUT2D eigenvalue weighted by atomic mass is 10.1. The molecule has 0 bridgehead atoms. The lowest BCUT2D eigenvalue weighted by molar-refractivity contribution is -0.118. The molecule has 0 fully saturated rings. The maximum Gasteiger partial charge on any atom is 0.254 e. The number of fused-ring (bicyclic) bond motifs is 4. The third kappa shape index (κ3) is 9.41. The van der Waals surface area contributed by atoms with Crippen LogP contribution in [-0.4, -0.2) is 70.6 Å². The molecule has 6 N–H and O–H groups in total. The number of hydrogen-bond donors (Lipinski definition) is 6. The van der Waals surface area contributed by atoms with Gasteiger partial charge in [0.1, 0.15) is 12.1 Å². The van der Waals surface area contributed by atoms with Crippen molar-refractivity contribution in [2.75, 3.05) is 23.7 Å². The van der Waals surface area contributed by atoms with E-state index in [4.69, 9.17) is 0 Å². The van der Waals surface area contributed by atoms with Crippen molar-refractivity contribution in [2.24, 2.45) is 0 Å². The van der Waals surface area contributed by atoms with Crippen LogP contribution in [-0.2, 0) is 9.59 Å². The van der Waals surface area contributed by atoms with Crippen molar-refractivity contribution in [3.63, 3.8) is 0 Å². The number of benzene rings is 4. The van der Waals surface area contributed by atoms with E-state index in [2.05, 4.69) is 41.9 Å². The van der Waals surface area contributed by atoms with Gasteiger partial charge in [0.25, 0.3) is 23.6 Å². The van der Waals surface area contributed by atoms with E-state index in [0.29, 0.717) is 107 Å². The molecule has 2 aliphatic rings. The number of aromatic nitrogens is 2. The molecule has 0 unspecified atom stereocenters. The van der Waals surface area contributed by atoms with Crippen LogP contribution in [0.5, 0.6) is 0 Å². The summed E-state index contributed by atoms with van der Waals surface area (Å²) in [6, 6.07) is 27.2. The number of hydrogen-bond acceptors (Lipinski definition) is 10. The predicted octanol–water partition coefficient (Wildman–Crippen LogP) is 6.88. The summed E-state index contributed by atoms with van der Waals surface area (Å²) < 4.78 is 0. The van der Waals surface area contributed by atoms with Crippen LogP contribution < -0.4 is 31.9 Å². The average Bonchev–Trinajstić information content (AvgIpc) is 3.49. The fourth-order valence-corrected chi connectivity index (χ4v) is 9.77. The van der Waals surface area contributed by atoms with E-state index in [1.54, 1.807) is 73.1 Å². The minimum absolute atomic E-state index is 0.237. The predicted molar refractivity (Wildman–Crippen MR) is 240 cm³/mol. The Bertz CT molecular complexity index is 2550. The number of para-hydroxylation sites is 4. The summed E-state index contributed by atoms with van der Waals surface area (Å²) in [7, 11) is 2.96. The van der Waals surface area contributed by atoms with Gasteiger partial charge in [-0.3, -0.25) is 38.7 Å². The highest BCUT2D eigenvalue weighted by molar-refractivity contribution is 8.76. The van der Waals surface area contributed by atoms with Crippen molar-refractivity contribution in [1.29, 1.82) is 0 Å². The number of nitrogens with zero attached hydrogens (tertiary/aromatic N) is 2.